The van der Waals surface area contributed by atoms with Crippen LogP contribution in [0.15, 0.2) is 24.3 Å². The number of benzene rings is 1. The van der Waals surface area contributed by atoms with Crippen LogP contribution in [0.4, 0.5) is 0 Å². The van der Waals surface area contributed by atoms with E-state index in [1.807, 2.05) is 18.4 Å². The first-order valence-electron chi connectivity index (χ1n) is 3.66. The number of hydrogen-bond acceptors (Lipinski definition) is 2. The molecule has 0 unspecified atom stereocenters. The largest absolute Gasteiger partial charge is 0.426 e. The number of hydrogen-bond donors (Lipinski definition) is 0. The molecule has 0 saturated carbocycles. The van der Waals surface area contributed by atoms with Gasteiger partial charge in [-0.05, 0) is 24.1 Å². The molecule has 1 aromatic rings. The molecule has 0 radical (unpaired) electrons. The Bertz CT molecular complexity index is 223. The summed E-state index contributed by atoms with van der Waals surface area (Å²) in [5, 5.41) is 0. The van der Waals surface area contributed by atoms with Crippen LogP contribution in [-0.2, 0) is 6.42 Å². The van der Waals surface area contributed by atoms with Crippen molar-refractivity contribution >= 4 is 12.0 Å². The summed E-state index contributed by atoms with van der Waals surface area (Å²) in [5.74, 6) is 0.942. The van der Waals surface area contributed by atoms with E-state index in [-0.39, 0.29) is 0 Å². The van der Waals surface area contributed by atoms with E-state index in [0.717, 1.165) is 12.2 Å². The zero-order chi connectivity index (χ0) is 8.10. The first kappa shape index (κ1) is 8.47. The molecular formula is C9H12OS. The molecule has 0 spiro atoms. The fourth-order valence-electron chi connectivity index (χ4n) is 0.913. The molecule has 0 aliphatic heterocycles. The second-order valence-electron chi connectivity index (χ2n) is 2.25. The molecule has 0 heterocycles. The molecule has 0 N–H and O–H groups in total. The average Bonchev–Trinajstić information content (AvgIpc) is 2.06. The van der Waals surface area contributed by atoms with Crippen molar-refractivity contribution in [3.8, 4) is 5.75 Å². The Balaban J connectivity index is 2.74. The van der Waals surface area contributed by atoms with Gasteiger partial charge in [0.15, 0.2) is 0 Å². The lowest BCUT2D eigenvalue weighted by atomic mass is 10.2. The molecule has 0 aromatic heterocycles. The van der Waals surface area contributed by atoms with Gasteiger partial charge in [0, 0.05) is 6.26 Å². The van der Waals surface area contributed by atoms with Crippen molar-refractivity contribution in [3.63, 3.8) is 0 Å². The minimum absolute atomic E-state index is 0.942. The van der Waals surface area contributed by atoms with Crippen molar-refractivity contribution in [2.45, 2.75) is 13.3 Å². The first-order valence-corrected chi connectivity index (χ1v) is 4.81. The van der Waals surface area contributed by atoms with E-state index in [2.05, 4.69) is 19.1 Å². The Morgan fingerprint density at radius 2 is 2.27 bits per heavy atom. The lowest BCUT2D eigenvalue weighted by molar-refractivity contribution is 0.649. The first-order chi connectivity index (χ1) is 5.36. The molecule has 1 aromatic carbocycles. The molecule has 2 heteroatoms. The third-order valence-electron chi connectivity index (χ3n) is 1.49. The minimum atomic E-state index is 0.942. The van der Waals surface area contributed by atoms with Gasteiger partial charge in [0.1, 0.15) is 5.75 Å². The van der Waals surface area contributed by atoms with Crippen molar-refractivity contribution in [2.24, 2.45) is 0 Å². The third-order valence-corrected chi connectivity index (χ3v) is 1.85. The molecule has 0 aliphatic rings. The average molecular weight is 168 g/mol. The third kappa shape index (κ3) is 2.46. The Kier molecular flexibility index (Phi) is 3.30. The van der Waals surface area contributed by atoms with Crippen molar-refractivity contribution in [1.82, 2.24) is 0 Å². The van der Waals surface area contributed by atoms with Crippen LogP contribution in [-0.4, -0.2) is 6.26 Å². The van der Waals surface area contributed by atoms with Crippen LogP contribution in [0.2, 0.25) is 0 Å². The van der Waals surface area contributed by atoms with E-state index < -0.39 is 0 Å². The summed E-state index contributed by atoms with van der Waals surface area (Å²) in [5.41, 5.74) is 1.32. The van der Waals surface area contributed by atoms with E-state index >= 15 is 0 Å². The van der Waals surface area contributed by atoms with Gasteiger partial charge in [-0.1, -0.05) is 19.1 Å². The van der Waals surface area contributed by atoms with Crippen molar-refractivity contribution in [3.05, 3.63) is 29.8 Å². The molecule has 11 heavy (non-hydrogen) atoms. The van der Waals surface area contributed by atoms with Gasteiger partial charge in [0.2, 0.25) is 0 Å². The quantitative estimate of drug-likeness (QED) is 0.642. The molecule has 0 aliphatic carbocycles. The minimum Gasteiger partial charge on any atom is -0.426 e. The summed E-state index contributed by atoms with van der Waals surface area (Å²) in [4.78, 5) is 0. The second kappa shape index (κ2) is 4.29. The summed E-state index contributed by atoms with van der Waals surface area (Å²) in [7, 11) is 0. The summed E-state index contributed by atoms with van der Waals surface area (Å²) in [6, 6.07) is 8.16. The van der Waals surface area contributed by atoms with Crippen LogP contribution >= 0.6 is 12.0 Å². The topological polar surface area (TPSA) is 9.23 Å². The fourth-order valence-corrected chi connectivity index (χ4v) is 1.21. The predicted molar refractivity (Wildman–Crippen MR) is 50.0 cm³/mol. The molecule has 0 bridgehead atoms. The number of aryl methyl sites for hydroxylation is 1. The van der Waals surface area contributed by atoms with E-state index in [1.165, 1.54) is 17.6 Å². The Morgan fingerprint density at radius 3 is 2.91 bits per heavy atom. The highest BCUT2D eigenvalue weighted by Crippen LogP contribution is 2.16. The summed E-state index contributed by atoms with van der Waals surface area (Å²) in [6.07, 6.45) is 2.98. The van der Waals surface area contributed by atoms with Gasteiger partial charge < -0.3 is 4.18 Å². The smallest absolute Gasteiger partial charge is 0.137 e. The van der Waals surface area contributed by atoms with Gasteiger partial charge in [0.25, 0.3) is 0 Å². The number of rotatable bonds is 3. The van der Waals surface area contributed by atoms with Crippen LogP contribution in [0.5, 0.6) is 5.75 Å². The Hall–Kier alpha value is -0.630. The highest BCUT2D eigenvalue weighted by molar-refractivity contribution is 7.94. The van der Waals surface area contributed by atoms with E-state index in [1.54, 1.807) is 0 Å². The SMILES string of the molecule is CCc1cccc(OSC)c1. The van der Waals surface area contributed by atoms with Crippen molar-refractivity contribution in [1.29, 1.82) is 0 Å². The summed E-state index contributed by atoms with van der Waals surface area (Å²) in [6.45, 7) is 2.14. The van der Waals surface area contributed by atoms with Gasteiger partial charge in [-0.3, -0.25) is 0 Å². The van der Waals surface area contributed by atoms with Crippen LogP contribution < -0.4 is 4.18 Å². The van der Waals surface area contributed by atoms with Crippen LogP contribution in [0, 0.1) is 0 Å². The highest BCUT2D eigenvalue weighted by Gasteiger charge is 1.93. The summed E-state index contributed by atoms with van der Waals surface area (Å²) >= 11 is 1.37. The molecule has 1 rings (SSSR count). The van der Waals surface area contributed by atoms with Gasteiger partial charge in [-0.25, -0.2) is 0 Å². The van der Waals surface area contributed by atoms with Gasteiger partial charge in [-0.15, -0.1) is 0 Å². The van der Waals surface area contributed by atoms with Crippen LogP contribution in [0.3, 0.4) is 0 Å². The van der Waals surface area contributed by atoms with Crippen molar-refractivity contribution < 1.29 is 4.18 Å². The highest BCUT2D eigenvalue weighted by atomic mass is 32.2. The molecule has 0 fully saturated rings. The maximum Gasteiger partial charge on any atom is 0.137 e. The van der Waals surface area contributed by atoms with Crippen LogP contribution in [0.25, 0.3) is 0 Å². The zero-order valence-corrected chi connectivity index (χ0v) is 7.65. The van der Waals surface area contributed by atoms with Gasteiger partial charge >= 0.3 is 0 Å². The molecular weight excluding hydrogens is 156 g/mol. The van der Waals surface area contributed by atoms with Gasteiger partial charge in [-0.2, -0.15) is 0 Å². The summed E-state index contributed by atoms with van der Waals surface area (Å²) < 4.78 is 5.26. The van der Waals surface area contributed by atoms with E-state index in [0.29, 0.717) is 0 Å². The lowest BCUT2D eigenvalue weighted by Gasteiger charge is -2.01. The fraction of sp³-hybridized carbons (Fsp3) is 0.333. The molecule has 0 amide bonds. The molecule has 60 valence electrons. The second-order valence-corrected chi connectivity index (χ2v) is 2.75. The van der Waals surface area contributed by atoms with Crippen LogP contribution in [0.1, 0.15) is 12.5 Å². The lowest BCUT2D eigenvalue weighted by Crippen LogP contribution is -1.82. The van der Waals surface area contributed by atoms with E-state index in [4.69, 9.17) is 4.18 Å². The maximum atomic E-state index is 5.26. The Morgan fingerprint density at radius 1 is 1.45 bits per heavy atom. The van der Waals surface area contributed by atoms with Gasteiger partial charge in [0.05, 0.1) is 12.0 Å². The normalized spacial score (nSPS) is 9.64. The molecule has 0 atom stereocenters. The monoisotopic (exact) mass is 168 g/mol. The Labute approximate surface area is 72.0 Å². The zero-order valence-electron chi connectivity index (χ0n) is 6.83. The maximum absolute atomic E-state index is 5.26. The van der Waals surface area contributed by atoms with Crippen molar-refractivity contribution in [2.75, 3.05) is 6.26 Å². The van der Waals surface area contributed by atoms with E-state index in [9.17, 15) is 0 Å². The predicted octanol–water partition coefficient (Wildman–Crippen LogP) is 2.91. The standard InChI is InChI=1S/C9H12OS/c1-3-8-5-4-6-9(7-8)10-11-2/h4-7H,3H2,1-2H3. The molecule has 1 nitrogen and oxygen atoms in total. The molecule has 0 saturated heterocycles.